The standard InChI is InChI=1S/C16H22F3N3O2.HI/c1-20-15(22-10-14-3-2-8-23-14)21-9-12-4-6-13(7-5-12)24-11-16(17,18)19;/h4-7,14H,2-3,8-11H2,1H3,(H2,20,21,22);1H. The fourth-order valence-electron chi connectivity index (χ4n) is 2.29. The molecule has 1 aliphatic heterocycles. The molecule has 1 heterocycles. The first-order valence-corrected chi connectivity index (χ1v) is 7.81. The predicted octanol–water partition coefficient (Wildman–Crippen LogP) is 3.09. The van der Waals surface area contributed by atoms with Crippen LogP contribution in [0.1, 0.15) is 18.4 Å². The van der Waals surface area contributed by atoms with Crippen molar-refractivity contribution >= 4 is 29.9 Å². The van der Waals surface area contributed by atoms with Crippen LogP contribution in [0.5, 0.6) is 5.75 Å². The van der Waals surface area contributed by atoms with Crippen molar-refractivity contribution in [2.45, 2.75) is 31.7 Å². The minimum absolute atomic E-state index is 0. The van der Waals surface area contributed by atoms with E-state index in [1.165, 1.54) is 12.1 Å². The van der Waals surface area contributed by atoms with Crippen LogP contribution in [0.4, 0.5) is 13.2 Å². The average molecular weight is 473 g/mol. The van der Waals surface area contributed by atoms with Crippen molar-refractivity contribution in [3.05, 3.63) is 29.8 Å². The van der Waals surface area contributed by atoms with Crippen molar-refractivity contribution in [1.29, 1.82) is 0 Å². The third kappa shape index (κ3) is 8.61. The molecule has 1 atom stereocenters. The molecular formula is C16H23F3IN3O2. The number of benzene rings is 1. The molecule has 0 amide bonds. The molecule has 1 aliphatic rings. The molecule has 1 aromatic rings. The summed E-state index contributed by atoms with van der Waals surface area (Å²) < 4.78 is 46.5. The van der Waals surface area contributed by atoms with Gasteiger partial charge in [-0.15, -0.1) is 24.0 Å². The van der Waals surface area contributed by atoms with Crippen molar-refractivity contribution < 1.29 is 22.6 Å². The lowest BCUT2D eigenvalue weighted by molar-refractivity contribution is -0.153. The highest BCUT2D eigenvalue weighted by molar-refractivity contribution is 14.0. The maximum atomic E-state index is 12.1. The summed E-state index contributed by atoms with van der Waals surface area (Å²) in [6.45, 7) is 0.722. The van der Waals surface area contributed by atoms with Crippen LogP contribution in [0.25, 0.3) is 0 Å². The minimum Gasteiger partial charge on any atom is -0.484 e. The van der Waals surface area contributed by atoms with Crippen LogP contribution >= 0.6 is 24.0 Å². The Hall–Kier alpha value is -1.23. The van der Waals surface area contributed by atoms with Gasteiger partial charge in [-0.3, -0.25) is 4.99 Å². The molecule has 1 saturated heterocycles. The van der Waals surface area contributed by atoms with Crippen molar-refractivity contribution in [2.75, 3.05) is 26.8 Å². The summed E-state index contributed by atoms with van der Waals surface area (Å²) >= 11 is 0. The maximum absolute atomic E-state index is 12.1. The van der Waals surface area contributed by atoms with Crippen LogP contribution in [0.15, 0.2) is 29.3 Å². The van der Waals surface area contributed by atoms with Gasteiger partial charge in [0.15, 0.2) is 12.6 Å². The van der Waals surface area contributed by atoms with Crippen molar-refractivity contribution in [3.63, 3.8) is 0 Å². The third-order valence-electron chi connectivity index (χ3n) is 3.53. The van der Waals surface area contributed by atoms with Crippen molar-refractivity contribution in [3.8, 4) is 5.75 Å². The van der Waals surface area contributed by atoms with E-state index >= 15 is 0 Å². The summed E-state index contributed by atoms with van der Waals surface area (Å²) in [5.74, 6) is 0.847. The molecule has 142 valence electrons. The lowest BCUT2D eigenvalue weighted by Gasteiger charge is -2.15. The Labute approximate surface area is 162 Å². The molecular weight excluding hydrogens is 450 g/mol. The number of halogens is 4. The van der Waals surface area contributed by atoms with Crippen LogP contribution in [0.2, 0.25) is 0 Å². The molecule has 25 heavy (non-hydrogen) atoms. The molecule has 0 saturated carbocycles. The summed E-state index contributed by atoms with van der Waals surface area (Å²) in [6, 6.07) is 6.47. The molecule has 0 spiro atoms. The molecule has 0 aromatic heterocycles. The van der Waals surface area contributed by atoms with E-state index < -0.39 is 12.8 Å². The Balaban J connectivity index is 0.00000312. The number of guanidine groups is 1. The number of nitrogens with one attached hydrogen (secondary N) is 2. The number of alkyl halides is 3. The maximum Gasteiger partial charge on any atom is 0.422 e. The number of ether oxygens (including phenoxy) is 2. The summed E-state index contributed by atoms with van der Waals surface area (Å²) in [6.07, 6.45) is -1.99. The van der Waals surface area contributed by atoms with Gasteiger partial charge in [-0.25, -0.2) is 0 Å². The number of rotatable bonds is 6. The Kier molecular flexibility index (Phi) is 9.33. The Morgan fingerprint density at radius 3 is 2.56 bits per heavy atom. The SMILES string of the molecule is CN=C(NCc1ccc(OCC(F)(F)F)cc1)NCC1CCCO1.I. The highest BCUT2D eigenvalue weighted by Crippen LogP contribution is 2.18. The number of aliphatic imine (C=N–C) groups is 1. The summed E-state index contributed by atoms with van der Waals surface area (Å²) in [5, 5.41) is 6.34. The largest absolute Gasteiger partial charge is 0.484 e. The van der Waals surface area contributed by atoms with Crippen LogP contribution in [-0.4, -0.2) is 45.0 Å². The van der Waals surface area contributed by atoms with E-state index in [0.29, 0.717) is 19.0 Å². The smallest absolute Gasteiger partial charge is 0.422 e. The predicted molar refractivity (Wildman–Crippen MR) is 101 cm³/mol. The second-order valence-corrected chi connectivity index (χ2v) is 5.49. The molecule has 2 N–H and O–H groups in total. The first-order valence-electron chi connectivity index (χ1n) is 7.81. The molecule has 1 unspecified atom stereocenters. The quantitative estimate of drug-likeness (QED) is 0.379. The van der Waals surface area contributed by atoms with Crippen molar-refractivity contribution in [2.24, 2.45) is 4.99 Å². The molecule has 1 fully saturated rings. The number of hydrogen-bond acceptors (Lipinski definition) is 3. The normalized spacial score (nSPS) is 17.8. The molecule has 1 aromatic carbocycles. The topological polar surface area (TPSA) is 54.9 Å². The fraction of sp³-hybridized carbons (Fsp3) is 0.562. The molecule has 0 aliphatic carbocycles. The van der Waals surface area contributed by atoms with Crippen LogP contribution in [-0.2, 0) is 11.3 Å². The monoisotopic (exact) mass is 473 g/mol. The summed E-state index contributed by atoms with van der Waals surface area (Å²) in [4.78, 5) is 4.13. The Morgan fingerprint density at radius 2 is 2.00 bits per heavy atom. The summed E-state index contributed by atoms with van der Waals surface area (Å²) in [5.41, 5.74) is 0.912. The van der Waals surface area contributed by atoms with Gasteiger partial charge < -0.3 is 20.1 Å². The second kappa shape index (κ2) is 10.7. The van der Waals surface area contributed by atoms with Gasteiger partial charge in [-0.05, 0) is 30.5 Å². The molecule has 0 bridgehead atoms. The minimum atomic E-state index is -4.33. The van der Waals surface area contributed by atoms with Crippen LogP contribution < -0.4 is 15.4 Å². The first-order chi connectivity index (χ1) is 11.5. The van der Waals surface area contributed by atoms with E-state index in [-0.39, 0.29) is 35.8 Å². The van der Waals surface area contributed by atoms with Gasteiger partial charge in [0.2, 0.25) is 0 Å². The molecule has 0 radical (unpaired) electrons. The molecule has 9 heteroatoms. The highest BCUT2D eigenvalue weighted by atomic mass is 127. The van der Waals surface area contributed by atoms with Crippen LogP contribution in [0, 0.1) is 0 Å². The average Bonchev–Trinajstić information content (AvgIpc) is 3.07. The zero-order valence-corrected chi connectivity index (χ0v) is 16.3. The summed E-state index contributed by atoms with van der Waals surface area (Å²) in [7, 11) is 1.68. The Bertz CT molecular complexity index is 532. The molecule has 5 nitrogen and oxygen atoms in total. The van der Waals surface area contributed by atoms with E-state index in [2.05, 4.69) is 20.4 Å². The highest BCUT2D eigenvalue weighted by Gasteiger charge is 2.28. The van der Waals surface area contributed by atoms with Gasteiger partial charge in [0.1, 0.15) is 5.75 Å². The second-order valence-electron chi connectivity index (χ2n) is 5.49. The van der Waals surface area contributed by atoms with E-state index in [0.717, 1.165) is 25.0 Å². The van der Waals surface area contributed by atoms with E-state index in [1.807, 2.05) is 0 Å². The van der Waals surface area contributed by atoms with E-state index in [1.54, 1.807) is 19.2 Å². The lowest BCUT2D eigenvalue weighted by atomic mass is 10.2. The van der Waals surface area contributed by atoms with Crippen LogP contribution in [0.3, 0.4) is 0 Å². The first kappa shape index (κ1) is 21.8. The number of hydrogen-bond donors (Lipinski definition) is 2. The van der Waals surface area contributed by atoms with Gasteiger partial charge >= 0.3 is 6.18 Å². The third-order valence-corrected chi connectivity index (χ3v) is 3.53. The zero-order valence-electron chi connectivity index (χ0n) is 13.9. The van der Waals surface area contributed by atoms with Crippen molar-refractivity contribution in [1.82, 2.24) is 10.6 Å². The van der Waals surface area contributed by atoms with Gasteiger partial charge in [0.25, 0.3) is 0 Å². The molecule has 2 rings (SSSR count). The van der Waals surface area contributed by atoms with E-state index in [4.69, 9.17) is 4.74 Å². The lowest BCUT2D eigenvalue weighted by Crippen LogP contribution is -2.40. The van der Waals surface area contributed by atoms with E-state index in [9.17, 15) is 13.2 Å². The number of nitrogens with zero attached hydrogens (tertiary/aromatic N) is 1. The van der Waals surface area contributed by atoms with Gasteiger partial charge in [0.05, 0.1) is 6.10 Å². The van der Waals surface area contributed by atoms with Gasteiger partial charge in [0, 0.05) is 26.7 Å². The van der Waals surface area contributed by atoms with Gasteiger partial charge in [-0.1, -0.05) is 12.1 Å². The van der Waals surface area contributed by atoms with Gasteiger partial charge in [-0.2, -0.15) is 13.2 Å². The Morgan fingerprint density at radius 1 is 1.28 bits per heavy atom. The fourth-order valence-corrected chi connectivity index (χ4v) is 2.29. The zero-order chi connectivity index (χ0) is 17.4.